The van der Waals surface area contributed by atoms with Crippen LogP contribution in [0.2, 0.25) is 0 Å². The molecular formula is C22H29F3N2O3+2. The lowest BCUT2D eigenvalue weighted by molar-refractivity contribution is -1.02. The summed E-state index contributed by atoms with van der Waals surface area (Å²) in [6, 6.07) is 9.32. The third-order valence-electron chi connectivity index (χ3n) is 5.63. The van der Waals surface area contributed by atoms with Crippen molar-refractivity contribution in [1.82, 2.24) is 0 Å². The first-order valence-electron chi connectivity index (χ1n) is 9.96. The Morgan fingerprint density at radius 3 is 1.73 bits per heavy atom. The molecule has 8 heteroatoms. The van der Waals surface area contributed by atoms with Crippen molar-refractivity contribution in [2.24, 2.45) is 0 Å². The second kappa shape index (κ2) is 9.57. The summed E-state index contributed by atoms with van der Waals surface area (Å²) in [5.74, 6) is 2.10. The van der Waals surface area contributed by atoms with Gasteiger partial charge in [-0.1, -0.05) is 12.1 Å². The Kier molecular flexibility index (Phi) is 7.10. The van der Waals surface area contributed by atoms with Crippen LogP contribution >= 0.6 is 0 Å². The maximum Gasteiger partial charge on any atom is 0.416 e. The predicted molar refractivity (Wildman–Crippen MR) is 106 cm³/mol. The van der Waals surface area contributed by atoms with Crippen LogP contribution in [-0.2, 0) is 19.3 Å². The highest BCUT2D eigenvalue weighted by Gasteiger charge is 2.30. The maximum atomic E-state index is 12.7. The smallest absolute Gasteiger partial charge is 0.416 e. The van der Waals surface area contributed by atoms with E-state index in [-0.39, 0.29) is 0 Å². The van der Waals surface area contributed by atoms with Crippen LogP contribution in [0.25, 0.3) is 0 Å². The van der Waals surface area contributed by atoms with Crippen LogP contribution in [0.5, 0.6) is 17.2 Å². The van der Waals surface area contributed by atoms with E-state index >= 15 is 0 Å². The van der Waals surface area contributed by atoms with Gasteiger partial charge < -0.3 is 24.0 Å². The van der Waals surface area contributed by atoms with Crippen molar-refractivity contribution < 1.29 is 37.2 Å². The monoisotopic (exact) mass is 426 g/mol. The molecule has 3 rings (SSSR count). The molecule has 2 N–H and O–H groups in total. The van der Waals surface area contributed by atoms with E-state index in [1.807, 2.05) is 12.1 Å². The van der Waals surface area contributed by atoms with Crippen molar-refractivity contribution in [3.63, 3.8) is 0 Å². The molecule has 0 aromatic heterocycles. The first-order chi connectivity index (χ1) is 14.3. The van der Waals surface area contributed by atoms with E-state index < -0.39 is 11.7 Å². The van der Waals surface area contributed by atoms with Crippen molar-refractivity contribution in [2.75, 3.05) is 47.5 Å². The Bertz CT molecular complexity index is 833. The second-order valence-electron chi connectivity index (χ2n) is 7.57. The van der Waals surface area contributed by atoms with Crippen molar-refractivity contribution >= 4 is 0 Å². The molecule has 0 aliphatic carbocycles. The van der Waals surface area contributed by atoms with Gasteiger partial charge in [0.1, 0.15) is 45.0 Å². The van der Waals surface area contributed by atoms with Gasteiger partial charge in [-0.15, -0.1) is 0 Å². The first kappa shape index (κ1) is 22.2. The lowest BCUT2D eigenvalue weighted by atomic mass is 10.1. The number of piperazine rings is 1. The Morgan fingerprint density at radius 2 is 1.23 bits per heavy atom. The number of ether oxygens (including phenoxy) is 3. The fraction of sp³-hybridized carbons (Fsp3) is 0.455. The maximum absolute atomic E-state index is 12.7. The third kappa shape index (κ3) is 5.37. The summed E-state index contributed by atoms with van der Waals surface area (Å²) in [5.41, 5.74) is 1.40. The first-order valence-corrected chi connectivity index (χ1v) is 9.96. The van der Waals surface area contributed by atoms with Gasteiger partial charge in [0.2, 0.25) is 0 Å². The SMILES string of the molecule is COc1cc(OC)c(OC)cc1C[NH+]1CC[NH+](Cc2ccc(C(F)(F)F)cc2)CC1. The number of hydrogen-bond donors (Lipinski definition) is 2. The molecule has 0 unspecified atom stereocenters. The van der Waals surface area contributed by atoms with E-state index in [0.717, 1.165) is 56.1 Å². The van der Waals surface area contributed by atoms with Crippen molar-refractivity contribution in [2.45, 2.75) is 19.3 Å². The summed E-state index contributed by atoms with van der Waals surface area (Å²) in [4.78, 5) is 2.83. The minimum absolute atomic E-state index is 0.598. The Morgan fingerprint density at radius 1 is 0.733 bits per heavy atom. The zero-order valence-corrected chi connectivity index (χ0v) is 17.6. The molecular weight excluding hydrogens is 397 g/mol. The lowest BCUT2D eigenvalue weighted by Crippen LogP contribution is -3.27. The minimum Gasteiger partial charge on any atom is -0.496 e. The van der Waals surface area contributed by atoms with Crippen LogP contribution in [0.1, 0.15) is 16.7 Å². The van der Waals surface area contributed by atoms with Gasteiger partial charge in [0.05, 0.1) is 32.5 Å². The summed E-state index contributed by atoms with van der Waals surface area (Å²) in [6.07, 6.45) is -4.29. The van der Waals surface area contributed by atoms with Gasteiger partial charge in [0.25, 0.3) is 0 Å². The molecule has 1 heterocycles. The van der Waals surface area contributed by atoms with E-state index in [4.69, 9.17) is 14.2 Å². The molecule has 164 valence electrons. The van der Waals surface area contributed by atoms with Crippen LogP contribution in [0, 0.1) is 0 Å². The van der Waals surface area contributed by atoms with Gasteiger partial charge in [0.15, 0.2) is 11.5 Å². The quantitative estimate of drug-likeness (QED) is 0.699. The van der Waals surface area contributed by atoms with E-state index in [9.17, 15) is 13.2 Å². The zero-order chi connectivity index (χ0) is 21.7. The molecule has 0 bridgehead atoms. The largest absolute Gasteiger partial charge is 0.496 e. The lowest BCUT2D eigenvalue weighted by Gasteiger charge is -2.30. The van der Waals surface area contributed by atoms with Crippen LogP contribution in [0.4, 0.5) is 13.2 Å². The Labute approximate surface area is 174 Å². The van der Waals surface area contributed by atoms with E-state index in [1.165, 1.54) is 21.9 Å². The number of halogens is 3. The summed E-state index contributed by atoms with van der Waals surface area (Å²) in [7, 11) is 4.86. The molecule has 0 amide bonds. The van der Waals surface area contributed by atoms with Crippen LogP contribution in [0.15, 0.2) is 36.4 Å². The van der Waals surface area contributed by atoms with Gasteiger partial charge in [-0.05, 0) is 18.2 Å². The average Bonchev–Trinajstić information content (AvgIpc) is 2.74. The molecule has 0 spiro atoms. The minimum atomic E-state index is -4.29. The Hall–Kier alpha value is -2.45. The average molecular weight is 426 g/mol. The van der Waals surface area contributed by atoms with E-state index in [0.29, 0.717) is 11.5 Å². The molecule has 30 heavy (non-hydrogen) atoms. The zero-order valence-electron chi connectivity index (χ0n) is 17.6. The van der Waals surface area contributed by atoms with E-state index in [1.54, 1.807) is 33.5 Å². The number of quaternary nitrogens is 2. The molecule has 1 fully saturated rings. The molecule has 0 saturated carbocycles. The fourth-order valence-corrected chi connectivity index (χ4v) is 3.91. The second-order valence-corrected chi connectivity index (χ2v) is 7.57. The molecule has 1 saturated heterocycles. The molecule has 0 radical (unpaired) electrons. The molecule has 0 atom stereocenters. The molecule has 2 aromatic carbocycles. The van der Waals surface area contributed by atoms with Gasteiger partial charge in [-0.3, -0.25) is 0 Å². The number of hydrogen-bond acceptors (Lipinski definition) is 3. The highest BCUT2D eigenvalue weighted by Crippen LogP contribution is 2.34. The van der Waals surface area contributed by atoms with Crippen molar-refractivity contribution in [3.05, 3.63) is 53.1 Å². The normalized spacial score (nSPS) is 19.4. The van der Waals surface area contributed by atoms with E-state index in [2.05, 4.69) is 0 Å². The topological polar surface area (TPSA) is 36.6 Å². The standard InChI is InChI=1S/C22H27F3N2O3/c1-28-19-13-21(30-3)20(29-2)12-17(19)15-27-10-8-26(9-11-27)14-16-4-6-18(7-5-16)22(23,24)25/h4-7,12-13H,8-11,14-15H2,1-3H3/p+2. The van der Waals surface area contributed by atoms with Crippen LogP contribution in [-0.4, -0.2) is 47.5 Å². The Balaban J connectivity index is 1.57. The van der Waals surface area contributed by atoms with Gasteiger partial charge in [0, 0.05) is 11.6 Å². The number of nitrogens with one attached hydrogen (secondary N) is 2. The highest BCUT2D eigenvalue weighted by molar-refractivity contribution is 5.50. The number of benzene rings is 2. The van der Waals surface area contributed by atoms with Gasteiger partial charge >= 0.3 is 6.18 Å². The summed E-state index contributed by atoms with van der Waals surface area (Å²) in [5, 5.41) is 0. The summed E-state index contributed by atoms with van der Waals surface area (Å²) < 4.78 is 54.4. The number of alkyl halides is 3. The molecule has 5 nitrogen and oxygen atoms in total. The summed E-state index contributed by atoms with van der Waals surface area (Å²) >= 11 is 0. The number of methoxy groups -OCH3 is 3. The molecule has 1 aliphatic heterocycles. The van der Waals surface area contributed by atoms with Crippen molar-refractivity contribution in [1.29, 1.82) is 0 Å². The fourth-order valence-electron chi connectivity index (χ4n) is 3.91. The molecule has 2 aromatic rings. The van der Waals surface area contributed by atoms with Crippen molar-refractivity contribution in [3.8, 4) is 17.2 Å². The number of rotatable bonds is 7. The summed E-state index contributed by atoms with van der Waals surface area (Å²) in [6.45, 7) is 5.45. The van der Waals surface area contributed by atoms with Crippen LogP contribution < -0.4 is 24.0 Å². The predicted octanol–water partition coefficient (Wildman–Crippen LogP) is 1.21. The van der Waals surface area contributed by atoms with Gasteiger partial charge in [-0.25, -0.2) is 0 Å². The third-order valence-corrected chi connectivity index (χ3v) is 5.63. The molecule has 1 aliphatic rings. The highest BCUT2D eigenvalue weighted by atomic mass is 19.4. The van der Waals surface area contributed by atoms with Crippen LogP contribution in [0.3, 0.4) is 0 Å². The van der Waals surface area contributed by atoms with Gasteiger partial charge in [-0.2, -0.15) is 13.2 Å².